The van der Waals surface area contributed by atoms with E-state index >= 15 is 0 Å². The van der Waals surface area contributed by atoms with Crippen molar-refractivity contribution in [1.29, 1.82) is 0 Å². The molecule has 116 valence electrons. The molecule has 1 aliphatic heterocycles. The largest absolute Gasteiger partial charge is 0.464 e. The van der Waals surface area contributed by atoms with Gasteiger partial charge in [0.15, 0.2) is 0 Å². The summed E-state index contributed by atoms with van der Waals surface area (Å²) in [5, 5.41) is 3.23. The van der Waals surface area contributed by atoms with Gasteiger partial charge in [-0.1, -0.05) is 13.8 Å². The van der Waals surface area contributed by atoms with Crippen molar-refractivity contribution in [2.75, 3.05) is 31.1 Å². The first-order valence-electron chi connectivity index (χ1n) is 7.52. The zero-order chi connectivity index (χ0) is 15.4. The Kier molecular flexibility index (Phi) is 5.12. The van der Waals surface area contributed by atoms with Gasteiger partial charge < -0.3 is 15.0 Å². The lowest BCUT2D eigenvalue weighted by molar-refractivity contribution is -0.144. The third-order valence-electron chi connectivity index (χ3n) is 3.51. The van der Waals surface area contributed by atoms with Crippen molar-refractivity contribution in [3.05, 3.63) is 17.5 Å². The van der Waals surface area contributed by atoms with Gasteiger partial charge in [-0.15, -0.1) is 0 Å². The minimum atomic E-state index is -0.361. The Morgan fingerprint density at radius 1 is 1.52 bits per heavy atom. The number of anilines is 1. The SMILES string of the molecule is CCOC(=O)C1CNCCN1c1nc(C)cc(C(C)C)n1. The topological polar surface area (TPSA) is 67.3 Å². The van der Waals surface area contributed by atoms with Crippen LogP contribution in [0, 0.1) is 6.92 Å². The summed E-state index contributed by atoms with van der Waals surface area (Å²) >= 11 is 0. The van der Waals surface area contributed by atoms with Crippen LogP contribution in [-0.4, -0.2) is 48.2 Å². The molecule has 2 heterocycles. The van der Waals surface area contributed by atoms with Gasteiger partial charge in [0, 0.05) is 31.0 Å². The lowest BCUT2D eigenvalue weighted by Crippen LogP contribution is -2.56. The maximum atomic E-state index is 12.1. The minimum Gasteiger partial charge on any atom is -0.464 e. The predicted molar refractivity (Wildman–Crippen MR) is 81.5 cm³/mol. The Morgan fingerprint density at radius 2 is 2.29 bits per heavy atom. The summed E-state index contributed by atoms with van der Waals surface area (Å²) in [7, 11) is 0. The standard InChI is InChI=1S/C15H24N4O2/c1-5-21-14(20)13-9-16-6-7-19(13)15-17-11(4)8-12(18-15)10(2)3/h8,10,13,16H,5-7,9H2,1-4H3. The molecule has 2 rings (SSSR count). The van der Waals surface area contributed by atoms with E-state index in [1.807, 2.05) is 24.8 Å². The van der Waals surface area contributed by atoms with Crippen LogP contribution >= 0.6 is 0 Å². The number of carbonyl (C=O) groups is 1. The maximum absolute atomic E-state index is 12.1. The monoisotopic (exact) mass is 292 g/mol. The van der Waals surface area contributed by atoms with E-state index in [1.54, 1.807) is 0 Å². The highest BCUT2D eigenvalue weighted by molar-refractivity contribution is 5.80. The average molecular weight is 292 g/mol. The number of hydrogen-bond donors (Lipinski definition) is 1. The molecule has 0 aromatic carbocycles. The molecule has 1 saturated heterocycles. The number of aryl methyl sites for hydroxylation is 1. The molecule has 1 aromatic rings. The molecule has 0 bridgehead atoms. The van der Waals surface area contributed by atoms with Crippen LogP contribution in [0.5, 0.6) is 0 Å². The second-order valence-electron chi connectivity index (χ2n) is 5.55. The molecule has 1 fully saturated rings. The Bertz CT molecular complexity index is 504. The fraction of sp³-hybridized carbons (Fsp3) is 0.667. The highest BCUT2D eigenvalue weighted by Crippen LogP contribution is 2.19. The Hall–Kier alpha value is -1.69. The number of aromatic nitrogens is 2. The van der Waals surface area contributed by atoms with E-state index in [-0.39, 0.29) is 12.0 Å². The molecule has 6 nitrogen and oxygen atoms in total. The molecule has 1 aliphatic rings. The van der Waals surface area contributed by atoms with Crippen molar-refractivity contribution >= 4 is 11.9 Å². The lowest BCUT2D eigenvalue weighted by Gasteiger charge is -2.34. The predicted octanol–water partition coefficient (Wildman–Crippen LogP) is 1.25. The molecular formula is C15H24N4O2. The third kappa shape index (κ3) is 3.69. The third-order valence-corrected chi connectivity index (χ3v) is 3.51. The first kappa shape index (κ1) is 15.7. The molecule has 0 aliphatic carbocycles. The van der Waals surface area contributed by atoms with Crippen LogP contribution in [0.25, 0.3) is 0 Å². The van der Waals surface area contributed by atoms with Gasteiger partial charge in [-0.3, -0.25) is 0 Å². The van der Waals surface area contributed by atoms with Gasteiger partial charge in [0.05, 0.1) is 6.61 Å². The quantitative estimate of drug-likeness (QED) is 0.843. The number of ether oxygens (including phenoxy) is 1. The molecule has 6 heteroatoms. The molecule has 0 saturated carbocycles. The Morgan fingerprint density at radius 3 is 2.95 bits per heavy atom. The van der Waals surface area contributed by atoms with Crippen LogP contribution in [-0.2, 0) is 9.53 Å². The summed E-state index contributed by atoms with van der Waals surface area (Å²) < 4.78 is 5.16. The van der Waals surface area contributed by atoms with Crippen molar-refractivity contribution < 1.29 is 9.53 Å². The zero-order valence-corrected chi connectivity index (χ0v) is 13.2. The van der Waals surface area contributed by atoms with E-state index in [9.17, 15) is 4.79 Å². The molecule has 1 atom stereocenters. The van der Waals surface area contributed by atoms with E-state index in [4.69, 9.17) is 4.74 Å². The molecule has 1 aromatic heterocycles. The van der Waals surface area contributed by atoms with Crippen LogP contribution in [0.1, 0.15) is 38.1 Å². The van der Waals surface area contributed by atoms with Gasteiger partial charge in [-0.25, -0.2) is 14.8 Å². The van der Waals surface area contributed by atoms with Crippen LogP contribution in [0.15, 0.2) is 6.07 Å². The number of nitrogens with one attached hydrogen (secondary N) is 1. The van der Waals surface area contributed by atoms with Crippen molar-refractivity contribution in [1.82, 2.24) is 15.3 Å². The summed E-state index contributed by atoms with van der Waals surface area (Å²) in [6.45, 7) is 10.4. The van der Waals surface area contributed by atoms with E-state index in [0.717, 1.165) is 17.9 Å². The van der Waals surface area contributed by atoms with Crippen molar-refractivity contribution in [3.63, 3.8) is 0 Å². The summed E-state index contributed by atoms with van der Waals surface area (Å²) in [6.07, 6.45) is 0. The zero-order valence-electron chi connectivity index (χ0n) is 13.2. The number of nitrogens with zero attached hydrogens (tertiary/aromatic N) is 3. The number of piperazine rings is 1. The number of hydrogen-bond acceptors (Lipinski definition) is 6. The maximum Gasteiger partial charge on any atom is 0.330 e. The van der Waals surface area contributed by atoms with Gasteiger partial charge in [-0.05, 0) is 25.8 Å². The van der Waals surface area contributed by atoms with Crippen LogP contribution in [0.2, 0.25) is 0 Å². The highest BCUT2D eigenvalue weighted by Gasteiger charge is 2.31. The molecule has 0 spiro atoms. The van der Waals surface area contributed by atoms with Crippen molar-refractivity contribution in [2.45, 2.75) is 39.7 Å². The number of esters is 1. The van der Waals surface area contributed by atoms with Crippen LogP contribution in [0.3, 0.4) is 0 Å². The summed E-state index contributed by atoms with van der Waals surface area (Å²) in [5.41, 5.74) is 1.92. The number of carbonyl (C=O) groups excluding carboxylic acids is 1. The summed E-state index contributed by atoms with van der Waals surface area (Å²) in [6, 6.07) is 1.64. The first-order valence-corrected chi connectivity index (χ1v) is 7.52. The second-order valence-corrected chi connectivity index (χ2v) is 5.55. The number of rotatable bonds is 4. The fourth-order valence-electron chi connectivity index (χ4n) is 2.39. The summed E-state index contributed by atoms with van der Waals surface area (Å²) in [5.74, 6) is 0.730. The smallest absolute Gasteiger partial charge is 0.330 e. The van der Waals surface area contributed by atoms with Crippen LogP contribution < -0.4 is 10.2 Å². The van der Waals surface area contributed by atoms with E-state index in [1.165, 1.54) is 0 Å². The van der Waals surface area contributed by atoms with Gasteiger partial charge in [0.25, 0.3) is 0 Å². The average Bonchev–Trinajstić information content (AvgIpc) is 2.46. The molecule has 21 heavy (non-hydrogen) atoms. The molecule has 1 unspecified atom stereocenters. The van der Waals surface area contributed by atoms with E-state index < -0.39 is 0 Å². The molecule has 1 N–H and O–H groups in total. The van der Waals surface area contributed by atoms with Crippen molar-refractivity contribution in [2.24, 2.45) is 0 Å². The second kappa shape index (κ2) is 6.85. The van der Waals surface area contributed by atoms with Gasteiger partial charge in [0.2, 0.25) is 5.95 Å². The fourth-order valence-corrected chi connectivity index (χ4v) is 2.39. The molecular weight excluding hydrogens is 268 g/mol. The van der Waals surface area contributed by atoms with E-state index in [2.05, 4.69) is 29.1 Å². The van der Waals surface area contributed by atoms with Crippen LogP contribution in [0.4, 0.5) is 5.95 Å². The molecule has 0 amide bonds. The van der Waals surface area contributed by atoms with E-state index in [0.29, 0.717) is 31.6 Å². The Balaban J connectivity index is 2.30. The highest BCUT2D eigenvalue weighted by atomic mass is 16.5. The van der Waals surface area contributed by atoms with Gasteiger partial charge >= 0.3 is 5.97 Å². The van der Waals surface area contributed by atoms with Crippen molar-refractivity contribution in [3.8, 4) is 0 Å². The summed E-state index contributed by atoms with van der Waals surface area (Å²) in [4.78, 5) is 23.2. The first-order chi connectivity index (χ1) is 10.0. The van der Waals surface area contributed by atoms with Gasteiger partial charge in [-0.2, -0.15) is 0 Å². The van der Waals surface area contributed by atoms with Gasteiger partial charge in [0.1, 0.15) is 6.04 Å². The minimum absolute atomic E-state index is 0.221. The molecule has 0 radical (unpaired) electrons. The lowest BCUT2D eigenvalue weighted by atomic mass is 10.1. The Labute approximate surface area is 125 Å². The normalized spacial score (nSPS) is 18.9.